The lowest BCUT2D eigenvalue weighted by molar-refractivity contribution is 0.0782. The lowest BCUT2D eigenvalue weighted by atomic mass is 10.3. The highest BCUT2D eigenvalue weighted by atomic mass is 35.5. The second kappa shape index (κ2) is 5.83. The summed E-state index contributed by atoms with van der Waals surface area (Å²) < 4.78 is 4.52. The zero-order valence-corrected chi connectivity index (χ0v) is 11.1. The van der Waals surface area contributed by atoms with Crippen LogP contribution in [-0.4, -0.2) is 53.1 Å². The largest absolute Gasteiger partial charge is 0.453 e. The summed E-state index contributed by atoms with van der Waals surface area (Å²) in [6, 6.07) is -0.100. The van der Waals surface area contributed by atoms with E-state index in [0.717, 1.165) is 0 Å². The van der Waals surface area contributed by atoms with Gasteiger partial charge in [-0.1, -0.05) is 11.6 Å². The van der Waals surface area contributed by atoms with Crippen molar-refractivity contribution in [3.05, 3.63) is 23.2 Å². The first-order valence-electron chi connectivity index (χ1n) is 5.71. The Hall–Kier alpha value is -1.89. The second-order valence-electron chi connectivity index (χ2n) is 4.10. The summed E-state index contributed by atoms with van der Waals surface area (Å²) in [4.78, 5) is 32.5. The van der Waals surface area contributed by atoms with Gasteiger partial charge < -0.3 is 15.0 Å². The van der Waals surface area contributed by atoms with Crippen molar-refractivity contribution in [1.82, 2.24) is 20.2 Å². The fourth-order valence-electron chi connectivity index (χ4n) is 1.87. The average molecular weight is 285 g/mol. The molecule has 1 fully saturated rings. The van der Waals surface area contributed by atoms with Gasteiger partial charge in [0.25, 0.3) is 5.91 Å². The van der Waals surface area contributed by atoms with Crippen LogP contribution in [0.1, 0.15) is 16.9 Å². The van der Waals surface area contributed by atoms with Gasteiger partial charge in [-0.2, -0.15) is 0 Å². The molecule has 7 nitrogen and oxygen atoms in total. The Bertz CT molecular complexity index is 479. The van der Waals surface area contributed by atoms with E-state index in [2.05, 4.69) is 20.0 Å². The number of carbonyl (C=O) groups is 2. The van der Waals surface area contributed by atoms with Gasteiger partial charge in [0.2, 0.25) is 0 Å². The van der Waals surface area contributed by atoms with E-state index in [0.29, 0.717) is 19.5 Å². The minimum atomic E-state index is -0.495. The van der Waals surface area contributed by atoms with Crippen molar-refractivity contribution < 1.29 is 14.3 Å². The molecule has 1 saturated heterocycles. The first-order valence-corrected chi connectivity index (χ1v) is 6.09. The molecule has 19 heavy (non-hydrogen) atoms. The van der Waals surface area contributed by atoms with Crippen molar-refractivity contribution in [3.63, 3.8) is 0 Å². The van der Waals surface area contributed by atoms with E-state index in [4.69, 9.17) is 11.6 Å². The highest BCUT2D eigenvalue weighted by Crippen LogP contribution is 2.13. The Morgan fingerprint density at radius 1 is 1.47 bits per heavy atom. The van der Waals surface area contributed by atoms with Gasteiger partial charge in [0.1, 0.15) is 10.8 Å². The molecule has 0 bridgehead atoms. The Balaban J connectivity index is 1.95. The van der Waals surface area contributed by atoms with E-state index in [1.165, 1.54) is 19.5 Å². The zero-order chi connectivity index (χ0) is 13.8. The van der Waals surface area contributed by atoms with Crippen LogP contribution in [0.25, 0.3) is 0 Å². The molecule has 0 saturated carbocycles. The minimum Gasteiger partial charge on any atom is -0.453 e. The van der Waals surface area contributed by atoms with E-state index < -0.39 is 6.09 Å². The quantitative estimate of drug-likeness (QED) is 0.864. The maximum absolute atomic E-state index is 12.1. The third-order valence-corrected chi connectivity index (χ3v) is 3.02. The molecule has 1 aliphatic heterocycles. The maximum Gasteiger partial charge on any atom is 0.407 e. The molecule has 0 aromatic carbocycles. The van der Waals surface area contributed by atoms with E-state index in [1.54, 1.807) is 4.90 Å². The van der Waals surface area contributed by atoms with E-state index in [1.807, 2.05) is 0 Å². The van der Waals surface area contributed by atoms with Crippen LogP contribution in [0.3, 0.4) is 0 Å². The molecule has 1 aromatic rings. The van der Waals surface area contributed by atoms with Crippen LogP contribution in [0.15, 0.2) is 12.4 Å². The summed E-state index contributed by atoms with van der Waals surface area (Å²) in [6.07, 6.45) is 2.86. The molecule has 0 radical (unpaired) electrons. The van der Waals surface area contributed by atoms with Crippen molar-refractivity contribution in [2.24, 2.45) is 0 Å². The number of carbonyl (C=O) groups excluding carboxylic acids is 2. The summed E-state index contributed by atoms with van der Waals surface area (Å²) in [5.41, 5.74) is 0.239. The number of likely N-dealkylation sites (tertiary alicyclic amines) is 1. The molecule has 1 aromatic heterocycles. The van der Waals surface area contributed by atoms with Gasteiger partial charge in [0.05, 0.1) is 25.5 Å². The maximum atomic E-state index is 12.1. The molecular weight excluding hydrogens is 272 g/mol. The molecule has 102 valence electrons. The fraction of sp³-hybridized carbons (Fsp3) is 0.455. The molecule has 8 heteroatoms. The predicted octanol–water partition coefficient (Wildman–Crippen LogP) is 0.700. The molecule has 1 atom stereocenters. The number of rotatable bonds is 2. The molecule has 1 N–H and O–H groups in total. The van der Waals surface area contributed by atoms with E-state index in [9.17, 15) is 9.59 Å². The SMILES string of the molecule is COC(=O)NC1CCN(C(=O)c2cnc(Cl)cn2)C1. The van der Waals surface area contributed by atoms with Gasteiger partial charge in [-0.3, -0.25) is 4.79 Å². The van der Waals surface area contributed by atoms with Crippen molar-refractivity contribution >= 4 is 23.6 Å². The molecule has 1 unspecified atom stereocenters. The predicted molar refractivity (Wildman–Crippen MR) is 66.9 cm³/mol. The Morgan fingerprint density at radius 2 is 2.26 bits per heavy atom. The summed E-state index contributed by atoms with van der Waals surface area (Å²) >= 11 is 5.61. The Labute approximate surface area is 114 Å². The van der Waals surface area contributed by atoms with Gasteiger partial charge in [-0.15, -0.1) is 0 Å². The average Bonchev–Trinajstić information content (AvgIpc) is 2.87. The number of hydrogen-bond donors (Lipinski definition) is 1. The molecule has 2 heterocycles. The van der Waals surface area contributed by atoms with Crippen LogP contribution >= 0.6 is 11.6 Å². The minimum absolute atomic E-state index is 0.100. The number of nitrogens with zero attached hydrogens (tertiary/aromatic N) is 3. The summed E-state index contributed by atoms with van der Waals surface area (Å²) in [5, 5.41) is 2.90. The second-order valence-corrected chi connectivity index (χ2v) is 4.48. The first kappa shape index (κ1) is 13.5. The number of ether oxygens (including phenoxy) is 1. The van der Waals surface area contributed by atoms with Gasteiger partial charge >= 0.3 is 6.09 Å². The van der Waals surface area contributed by atoms with Crippen LogP contribution < -0.4 is 5.32 Å². The van der Waals surface area contributed by atoms with E-state index >= 15 is 0 Å². The summed E-state index contributed by atoms with van der Waals surface area (Å²) in [7, 11) is 1.30. The first-order chi connectivity index (χ1) is 9.10. The number of aromatic nitrogens is 2. The summed E-state index contributed by atoms with van der Waals surface area (Å²) in [5.74, 6) is -0.224. The number of nitrogens with one attached hydrogen (secondary N) is 1. The molecule has 0 aliphatic carbocycles. The van der Waals surface area contributed by atoms with Crippen LogP contribution in [0.4, 0.5) is 4.79 Å². The third-order valence-electron chi connectivity index (χ3n) is 2.82. The topological polar surface area (TPSA) is 84.4 Å². The summed E-state index contributed by atoms with van der Waals surface area (Å²) in [6.45, 7) is 0.982. The highest BCUT2D eigenvalue weighted by Gasteiger charge is 2.28. The lowest BCUT2D eigenvalue weighted by Gasteiger charge is -2.16. The van der Waals surface area contributed by atoms with Crippen LogP contribution in [0.5, 0.6) is 0 Å². The van der Waals surface area contributed by atoms with Crippen LogP contribution in [0, 0.1) is 0 Å². The third kappa shape index (κ3) is 3.31. The fourth-order valence-corrected chi connectivity index (χ4v) is 1.97. The van der Waals surface area contributed by atoms with Crippen molar-refractivity contribution in [2.45, 2.75) is 12.5 Å². The smallest absolute Gasteiger partial charge is 0.407 e. The number of alkyl carbamates (subject to hydrolysis) is 1. The Morgan fingerprint density at radius 3 is 2.89 bits per heavy atom. The van der Waals surface area contributed by atoms with Gasteiger partial charge in [0.15, 0.2) is 0 Å². The standard InChI is InChI=1S/C11H13ClN4O3/c1-19-11(18)15-7-2-3-16(6-7)10(17)8-4-14-9(12)5-13-8/h4-5,7H,2-3,6H2,1H3,(H,15,18). The van der Waals surface area contributed by atoms with Crippen molar-refractivity contribution in [2.75, 3.05) is 20.2 Å². The number of amides is 2. The van der Waals surface area contributed by atoms with Crippen molar-refractivity contribution in [1.29, 1.82) is 0 Å². The molecule has 1 aliphatic rings. The van der Waals surface area contributed by atoms with Gasteiger partial charge in [-0.25, -0.2) is 14.8 Å². The van der Waals surface area contributed by atoms with Gasteiger partial charge in [0, 0.05) is 13.1 Å². The highest BCUT2D eigenvalue weighted by molar-refractivity contribution is 6.29. The zero-order valence-electron chi connectivity index (χ0n) is 10.3. The number of methoxy groups -OCH3 is 1. The molecular formula is C11H13ClN4O3. The molecule has 2 amide bonds. The van der Waals surface area contributed by atoms with Crippen LogP contribution in [-0.2, 0) is 4.74 Å². The van der Waals surface area contributed by atoms with Crippen molar-refractivity contribution in [3.8, 4) is 0 Å². The monoisotopic (exact) mass is 284 g/mol. The normalized spacial score (nSPS) is 18.2. The lowest BCUT2D eigenvalue weighted by Crippen LogP contribution is -2.38. The number of halogens is 1. The van der Waals surface area contributed by atoms with E-state index in [-0.39, 0.29) is 22.8 Å². The molecule has 2 rings (SSSR count). The number of hydrogen-bond acceptors (Lipinski definition) is 5. The van der Waals surface area contributed by atoms with Crippen LogP contribution in [0.2, 0.25) is 5.15 Å². The molecule has 0 spiro atoms. The Kier molecular flexibility index (Phi) is 4.16. The van der Waals surface area contributed by atoms with Gasteiger partial charge in [-0.05, 0) is 6.42 Å².